The molecular weight excluding hydrogens is 248 g/mol. The lowest BCUT2D eigenvalue weighted by Crippen LogP contribution is -2.19. The third-order valence-electron chi connectivity index (χ3n) is 2.63. The van der Waals surface area contributed by atoms with Gasteiger partial charge >= 0.3 is 0 Å². The fraction of sp³-hybridized carbons (Fsp3) is 0.462. The molecule has 0 saturated carbocycles. The fourth-order valence-corrected chi connectivity index (χ4v) is 3.38. The van der Waals surface area contributed by atoms with Gasteiger partial charge < -0.3 is 5.32 Å². The van der Waals surface area contributed by atoms with Crippen molar-refractivity contribution in [2.75, 3.05) is 0 Å². The van der Waals surface area contributed by atoms with Crippen molar-refractivity contribution in [3.63, 3.8) is 0 Å². The van der Waals surface area contributed by atoms with Gasteiger partial charge in [0.05, 0.1) is 0 Å². The van der Waals surface area contributed by atoms with Gasteiger partial charge in [-0.2, -0.15) is 0 Å². The Labute approximate surface area is 111 Å². The van der Waals surface area contributed by atoms with Crippen LogP contribution in [-0.2, 0) is 6.54 Å². The molecule has 0 aliphatic heterocycles. The second-order valence-electron chi connectivity index (χ2n) is 4.12. The molecular formula is C13H18N2S2. The second-order valence-corrected chi connectivity index (χ2v) is 6.04. The first-order valence-corrected chi connectivity index (χ1v) is 7.73. The van der Waals surface area contributed by atoms with E-state index >= 15 is 0 Å². The van der Waals surface area contributed by atoms with Crippen molar-refractivity contribution in [2.24, 2.45) is 0 Å². The van der Waals surface area contributed by atoms with Crippen LogP contribution in [0.4, 0.5) is 0 Å². The van der Waals surface area contributed by atoms with E-state index in [0.717, 1.165) is 12.2 Å². The topological polar surface area (TPSA) is 24.9 Å². The number of nitrogens with one attached hydrogen (secondary N) is 1. The molecule has 0 spiro atoms. The highest BCUT2D eigenvalue weighted by atomic mass is 32.1. The van der Waals surface area contributed by atoms with E-state index in [9.17, 15) is 0 Å². The largest absolute Gasteiger partial charge is 0.303 e. The molecule has 1 atom stereocenters. The Morgan fingerprint density at radius 2 is 2.29 bits per heavy atom. The molecule has 2 rings (SSSR count). The van der Waals surface area contributed by atoms with Gasteiger partial charge in [0.15, 0.2) is 0 Å². The summed E-state index contributed by atoms with van der Waals surface area (Å²) in [7, 11) is 0. The minimum Gasteiger partial charge on any atom is -0.303 e. The quantitative estimate of drug-likeness (QED) is 0.850. The molecule has 17 heavy (non-hydrogen) atoms. The van der Waals surface area contributed by atoms with Crippen LogP contribution in [0.5, 0.6) is 0 Å². The molecule has 2 heterocycles. The molecule has 1 N–H and O–H groups in total. The molecule has 2 aromatic rings. The van der Waals surface area contributed by atoms with E-state index < -0.39 is 0 Å². The summed E-state index contributed by atoms with van der Waals surface area (Å²) in [4.78, 5) is 5.91. The van der Waals surface area contributed by atoms with E-state index in [0.29, 0.717) is 6.04 Å². The highest BCUT2D eigenvalue weighted by Gasteiger charge is 2.11. The molecule has 0 aromatic carbocycles. The van der Waals surface area contributed by atoms with E-state index in [1.807, 2.05) is 18.3 Å². The maximum atomic E-state index is 4.48. The SMILES string of the molecule is CCCC(NCc1nc(C)cs1)c1cccs1. The van der Waals surface area contributed by atoms with Gasteiger partial charge in [0.25, 0.3) is 0 Å². The van der Waals surface area contributed by atoms with Crippen molar-refractivity contribution in [3.05, 3.63) is 38.5 Å². The number of rotatable bonds is 6. The van der Waals surface area contributed by atoms with Gasteiger partial charge in [-0.05, 0) is 24.8 Å². The van der Waals surface area contributed by atoms with Crippen LogP contribution in [0.15, 0.2) is 22.9 Å². The fourth-order valence-electron chi connectivity index (χ4n) is 1.82. The Morgan fingerprint density at radius 1 is 1.41 bits per heavy atom. The smallest absolute Gasteiger partial charge is 0.107 e. The van der Waals surface area contributed by atoms with E-state index in [4.69, 9.17) is 0 Å². The summed E-state index contributed by atoms with van der Waals surface area (Å²) in [5, 5.41) is 9.05. The van der Waals surface area contributed by atoms with Gasteiger partial charge in [0.1, 0.15) is 5.01 Å². The average molecular weight is 266 g/mol. The predicted molar refractivity (Wildman–Crippen MR) is 75.7 cm³/mol. The Kier molecular flexibility index (Phi) is 4.71. The van der Waals surface area contributed by atoms with E-state index in [1.165, 1.54) is 22.7 Å². The summed E-state index contributed by atoms with van der Waals surface area (Å²) in [6.45, 7) is 5.15. The van der Waals surface area contributed by atoms with Gasteiger partial charge in [-0.3, -0.25) is 0 Å². The average Bonchev–Trinajstić information content (AvgIpc) is 2.95. The van der Waals surface area contributed by atoms with Crippen LogP contribution in [-0.4, -0.2) is 4.98 Å². The first-order chi connectivity index (χ1) is 8.29. The molecule has 0 amide bonds. The van der Waals surface area contributed by atoms with Crippen LogP contribution in [0.1, 0.15) is 41.4 Å². The molecule has 2 nitrogen and oxygen atoms in total. The molecule has 0 aliphatic rings. The summed E-state index contributed by atoms with van der Waals surface area (Å²) in [6.07, 6.45) is 2.39. The summed E-state index contributed by atoms with van der Waals surface area (Å²) >= 11 is 3.57. The minimum absolute atomic E-state index is 0.476. The maximum Gasteiger partial charge on any atom is 0.107 e. The van der Waals surface area contributed by atoms with Crippen molar-refractivity contribution in [1.29, 1.82) is 0 Å². The first-order valence-electron chi connectivity index (χ1n) is 5.97. The molecule has 0 aliphatic carbocycles. The van der Waals surface area contributed by atoms with Crippen molar-refractivity contribution in [1.82, 2.24) is 10.3 Å². The van der Waals surface area contributed by atoms with Crippen LogP contribution in [0.2, 0.25) is 0 Å². The third kappa shape index (κ3) is 3.63. The van der Waals surface area contributed by atoms with E-state index in [2.05, 4.69) is 40.1 Å². The zero-order chi connectivity index (χ0) is 12.1. The number of nitrogens with zero attached hydrogens (tertiary/aromatic N) is 1. The van der Waals surface area contributed by atoms with Crippen molar-refractivity contribution in [3.8, 4) is 0 Å². The lowest BCUT2D eigenvalue weighted by molar-refractivity contribution is 0.499. The highest BCUT2D eigenvalue weighted by Crippen LogP contribution is 2.23. The number of hydrogen-bond acceptors (Lipinski definition) is 4. The summed E-state index contributed by atoms with van der Waals surface area (Å²) in [6, 6.07) is 4.81. The Balaban J connectivity index is 1.94. The van der Waals surface area contributed by atoms with Gasteiger partial charge in [0.2, 0.25) is 0 Å². The standard InChI is InChI=1S/C13H18N2S2/c1-3-5-11(12-6-4-7-16-12)14-8-13-15-10(2)9-17-13/h4,6-7,9,11,14H,3,5,8H2,1-2H3. The monoisotopic (exact) mass is 266 g/mol. The molecule has 0 fully saturated rings. The summed E-state index contributed by atoms with van der Waals surface area (Å²) in [5.41, 5.74) is 1.12. The Morgan fingerprint density at radius 3 is 2.88 bits per heavy atom. The van der Waals surface area contributed by atoms with Crippen LogP contribution in [0.3, 0.4) is 0 Å². The Hall–Kier alpha value is -0.710. The predicted octanol–water partition coefficient (Wildman–Crippen LogP) is 4.14. The lowest BCUT2D eigenvalue weighted by Gasteiger charge is -2.15. The van der Waals surface area contributed by atoms with Gasteiger partial charge in [-0.15, -0.1) is 22.7 Å². The molecule has 0 bridgehead atoms. The maximum absolute atomic E-state index is 4.48. The van der Waals surface area contributed by atoms with E-state index in [1.54, 1.807) is 11.3 Å². The summed E-state index contributed by atoms with van der Waals surface area (Å²) < 4.78 is 0. The van der Waals surface area contributed by atoms with Crippen LogP contribution in [0.25, 0.3) is 0 Å². The van der Waals surface area contributed by atoms with Gasteiger partial charge in [-0.1, -0.05) is 19.4 Å². The number of aromatic nitrogens is 1. The van der Waals surface area contributed by atoms with Crippen LogP contribution < -0.4 is 5.32 Å². The normalized spacial score (nSPS) is 12.8. The van der Waals surface area contributed by atoms with Crippen molar-refractivity contribution in [2.45, 2.75) is 39.3 Å². The second kappa shape index (κ2) is 6.28. The molecule has 0 radical (unpaired) electrons. The van der Waals surface area contributed by atoms with Crippen molar-refractivity contribution < 1.29 is 0 Å². The number of thiazole rings is 1. The van der Waals surface area contributed by atoms with Crippen LogP contribution in [0, 0.1) is 6.92 Å². The molecule has 92 valence electrons. The molecule has 4 heteroatoms. The number of aryl methyl sites for hydroxylation is 1. The summed E-state index contributed by atoms with van der Waals surface area (Å²) in [5.74, 6) is 0. The minimum atomic E-state index is 0.476. The molecule has 2 aromatic heterocycles. The first kappa shape index (κ1) is 12.7. The van der Waals surface area contributed by atoms with Crippen molar-refractivity contribution >= 4 is 22.7 Å². The van der Waals surface area contributed by atoms with E-state index in [-0.39, 0.29) is 0 Å². The third-order valence-corrected chi connectivity index (χ3v) is 4.58. The lowest BCUT2D eigenvalue weighted by atomic mass is 10.1. The zero-order valence-electron chi connectivity index (χ0n) is 10.3. The Bertz CT molecular complexity index is 434. The highest BCUT2D eigenvalue weighted by molar-refractivity contribution is 7.10. The van der Waals surface area contributed by atoms with Gasteiger partial charge in [0, 0.05) is 28.5 Å². The number of thiophene rings is 1. The van der Waals surface area contributed by atoms with Gasteiger partial charge in [-0.25, -0.2) is 4.98 Å². The van der Waals surface area contributed by atoms with Crippen LogP contribution >= 0.6 is 22.7 Å². The molecule has 1 unspecified atom stereocenters. The number of hydrogen-bond donors (Lipinski definition) is 1. The zero-order valence-corrected chi connectivity index (χ0v) is 11.9. The molecule has 0 saturated heterocycles.